The molecule has 184 valence electrons. The second kappa shape index (κ2) is 6.99. The Balaban J connectivity index is 1.55. The third kappa shape index (κ3) is 2.72. The van der Waals surface area contributed by atoms with Gasteiger partial charge in [0.25, 0.3) is 0 Å². The van der Waals surface area contributed by atoms with Crippen molar-refractivity contribution in [2.75, 3.05) is 0 Å². The van der Waals surface area contributed by atoms with E-state index in [-0.39, 0.29) is 10.8 Å². The summed E-state index contributed by atoms with van der Waals surface area (Å²) in [7, 11) is 0. The van der Waals surface area contributed by atoms with Crippen LogP contribution in [0, 0.1) is 62.6 Å². The van der Waals surface area contributed by atoms with Crippen LogP contribution in [-0.2, 0) is 0 Å². The van der Waals surface area contributed by atoms with Crippen LogP contribution in [0.5, 0.6) is 0 Å². The van der Waals surface area contributed by atoms with Crippen molar-refractivity contribution in [3.63, 3.8) is 0 Å². The highest BCUT2D eigenvalue weighted by Gasteiger charge is 2.71. The van der Waals surface area contributed by atoms with Crippen molar-refractivity contribution < 1.29 is 10.2 Å². The van der Waals surface area contributed by atoms with Gasteiger partial charge in [-0.15, -0.1) is 0 Å². The van der Waals surface area contributed by atoms with Crippen LogP contribution in [0.3, 0.4) is 0 Å². The molecule has 5 aliphatic rings. The Labute approximate surface area is 198 Å². The van der Waals surface area contributed by atoms with E-state index in [1.54, 1.807) is 0 Å². The van der Waals surface area contributed by atoms with Gasteiger partial charge in [-0.25, -0.2) is 0 Å². The van der Waals surface area contributed by atoms with E-state index in [1.807, 2.05) is 0 Å². The quantitative estimate of drug-likeness (QED) is 0.454. The van der Waals surface area contributed by atoms with Gasteiger partial charge in [0, 0.05) is 0 Å². The van der Waals surface area contributed by atoms with E-state index < -0.39 is 12.2 Å². The predicted molar refractivity (Wildman–Crippen MR) is 132 cm³/mol. The van der Waals surface area contributed by atoms with E-state index in [1.165, 1.54) is 51.4 Å². The first-order valence-corrected chi connectivity index (χ1v) is 14.1. The smallest absolute Gasteiger partial charge is 0.0852 e. The number of hydrogen-bond acceptors (Lipinski definition) is 2. The molecule has 0 amide bonds. The second-order valence-electron chi connectivity index (χ2n) is 15.3. The average Bonchev–Trinajstić information content (AvgIpc) is 3.05. The Morgan fingerprint density at radius 1 is 0.719 bits per heavy atom. The molecule has 0 bridgehead atoms. The van der Waals surface area contributed by atoms with Crippen LogP contribution in [0.4, 0.5) is 0 Å². The molecule has 5 rings (SSSR count). The maximum absolute atomic E-state index is 11.0. The maximum atomic E-state index is 11.0. The molecule has 0 saturated heterocycles. The number of aliphatic hydroxyl groups is 2. The van der Waals surface area contributed by atoms with Crippen LogP contribution in [0.25, 0.3) is 0 Å². The Hall–Kier alpha value is -0.0800. The van der Waals surface area contributed by atoms with E-state index in [9.17, 15) is 10.2 Å². The molecule has 0 aromatic rings. The fourth-order valence-electron chi connectivity index (χ4n) is 11.9. The van der Waals surface area contributed by atoms with Gasteiger partial charge in [0.05, 0.1) is 12.2 Å². The van der Waals surface area contributed by atoms with Gasteiger partial charge in [-0.3, -0.25) is 0 Å². The molecular formula is C30H52O2. The summed E-state index contributed by atoms with van der Waals surface area (Å²) in [5.41, 5.74) is 1.26. The minimum atomic E-state index is -0.586. The van der Waals surface area contributed by atoms with Gasteiger partial charge in [-0.05, 0) is 120 Å². The summed E-state index contributed by atoms with van der Waals surface area (Å²) in [6, 6.07) is 0. The highest BCUT2D eigenvalue weighted by molar-refractivity contribution is 5.19. The number of rotatable bonds is 1. The fourth-order valence-corrected chi connectivity index (χ4v) is 11.9. The van der Waals surface area contributed by atoms with E-state index >= 15 is 0 Å². The SMILES string of the molecule is CC(C)[C@@H]1CC[C@]2(C)CC[C@]3(C)[C@H](CC[C@@H]4[C@]5(C)C[C@H](O)[C@@H](O)C(C)(C)[C@@H]5CC[C@@]43C)[C@@H]12. The molecule has 2 N–H and O–H groups in total. The Morgan fingerprint density at radius 2 is 1.41 bits per heavy atom. The summed E-state index contributed by atoms with van der Waals surface area (Å²) in [6.07, 6.45) is 10.6. The van der Waals surface area contributed by atoms with Gasteiger partial charge < -0.3 is 10.2 Å². The third-order valence-corrected chi connectivity index (χ3v) is 13.7. The highest BCUT2D eigenvalue weighted by Crippen LogP contribution is 2.77. The zero-order valence-corrected chi connectivity index (χ0v) is 22.4. The molecule has 0 spiro atoms. The standard InChI is InChI=1S/C30H52O2/c1-18(2)19-11-13-27(5)15-16-29(7)20(24(19)27)9-10-23-28(6)17-21(31)25(32)26(3,4)22(28)12-14-30(23,29)8/h18-25,31-32H,9-17H2,1-8H3/t19-,20+,21-,22-,23+,24+,25+,27+,28+,29+,30-/m0/s1. The zero-order chi connectivity index (χ0) is 23.5. The molecule has 32 heavy (non-hydrogen) atoms. The highest BCUT2D eigenvalue weighted by atomic mass is 16.3. The molecule has 0 unspecified atom stereocenters. The lowest BCUT2D eigenvalue weighted by atomic mass is 9.32. The van der Waals surface area contributed by atoms with Crippen molar-refractivity contribution in [2.45, 2.75) is 125 Å². The number of fused-ring (bicyclic) bond motifs is 7. The molecule has 0 heterocycles. The molecule has 5 aliphatic carbocycles. The summed E-state index contributed by atoms with van der Waals surface area (Å²) in [6.45, 7) is 20.0. The molecule has 0 aromatic heterocycles. The lowest BCUT2D eigenvalue weighted by Gasteiger charge is -2.73. The van der Waals surface area contributed by atoms with Crippen LogP contribution >= 0.6 is 0 Å². The van der Waals surface area contributed by atoms with Gasteiger partial charge in [-0.2, -0.15) is 0 Å². The van der Waals surface area contributed by atoms with Crippen molar-refractivity contribution in [3.05, 3.63) is 0 Å². The molecule has 2 nitrogen and oxygen atoms in total. The van der Waals surface area contributed by atoms with Gasteiger partial charge >= 0.3 is 0 Å². The van der Waals surface area contributed by atoms with Gasteiger partial charge in [0.15, 0.2) is 0 Å². The Morgan fingerprint density at radius 3 is 2.06 bits per heavy atom. The first-order chi connectivity index (χ1) is 14.7. The third-order valence-electron chi connectivity index (χ3n) is 13.7. The summed E-state index contributed by atoms with van der Waals surface area (Å²) >= 11 is 0. The molecule has 0 aromatic carbocycles. The molecule has 5 saturated carbocycles. The normalized spacial score (nSPS) is 59.2. The molecule has 2 heteroatoms. The predicted octanol–water partition coefficient (Wildman–Crippen LogP) is 7.08. The number of hydrogen-bond donors (Lipinski definition) is 2. The lowest BCUT2D eigenvalue weighted by molar-refractivity contribution is -0.263. The number of aliphatic hydroxyl groups excluding tert-OH is 2. The van der Waals surface area contributed by atoms with Crippen molar-refractivity contribution in [1.82, 2.24) is 0 Å². The van der Waals surface area contributed by atoms with Gasteiger partial charge in [0.2, 0.25) is 0 Å². The first kappa shape index (κ1) is 23.7. The minimum Gasteiger partial charge on any atom is -0.390 e. The largest absolute Gasteiger partial charge is 0.390 e. The van der Waals surface area contributed by atoms with Crippen LogP contribution in [0.2, 0.25) is 0 Å². The van der Waals surface area contributed by atoms with Crippen LogP contribution in [0.1, 0.15) is 113 Å². The summed E-state index contributed by atoms with van der Waals surface area (Å²) in [4.78, 5) is 0. The molecule has 11 atom stereocenters. The fraction of sp³-hybridized carbons (Fsp3) is 1.00. The van der Waals surface area contributed by atoms with E-state index in [0.717, 1.165) is 30.1 Å². The van der Waals surface area contributed by atoms with Crippen molar-refractivity contribution in [3.8, 4) is 0 Å². The van der Waals surface area contributed by atoms with E-state index in [2.05, 4.69) is 55.4 Å². The van der Waals surface area contributed by atoms with Crippen molar-refractivity contribution >= 4 is 0 Å². The topological polar surface area (TPSA) is 40.5 Å². The Bertz CT molecular complexity index is 758. The minimum absolute atomic E-state index is 0.136. The molecule has 5 fully saturated rings. The monoisotopic (exact) mass is 444 g/mol. The van der Waals surface area contributed by atoms with Gasteiger partial charge in [-0.1, -0.05) is 55.4 Å². The maximum Gasteiger partial charge on any atom is 0.0852 e. The molecule has 0 radical (unpaired) electrons. The lowest BCUT2D eigenvalue weighted by Crippen LogP contribution is -2.68. The summed E-state index contributed by atoms with van der Waals surface area (Å²) < 4.78 is 0. The Kier molecular flexibility index (Phi) is 5.17. The van der Waals surface area contributed by atoms with Crippen LogP contribution in [0.15, 0.2) is 0 Å². The van der Waals surface area contributed by atoms with Crippen molar-refractivity contribution in [2.24, 2.45) is 62.6 Å². The van der Waals surface area contributed by atoms with Crippen molar-refractivity contribution in [1.29, 1.82) is 0 Å². The molecular weight excluding hydrogens is 392 g/mol. The first-order valence-electron chi connectivity index (χ1n) is 14.1. The zero-order valence-electron chi connectivity index (χ0n) is 22.4. The van der Waals surface area contributed by atoms with E-state index in [4.69, 9.17) is 0 Å². The van der Waals surface area contributed by atoms with Gasteiger partial charge in [0.1, 0.15) is 0 Å². The van der Waals surface area contributed by atoms with Crippen LogP contribution < -0.4 is 0 Å². The molecule has 0 aliphatic heterocycles. The summed E-state index contributed by atoms with van der Waals surface area (Å²) in [5, 5.41) is 21.9. The van der Waals surface area contributed by atoms with E-state index in [0.29, 0.717) is 28.1 Å². The summed E-state index contributed by atoms with van der Waals surface area (Å²) in [5.74, 6) is 4.65. The second-order valence-corrected chi connectivity index (χ2v) is 15.3. The van der Waals surface area contributed by atoms with Crippen LogP contribution in [-0.4, -0.2) is 22.4 Å². The average molecular weight is 445 g/mol.